The Balaban J connectivity index is 1.70. The number of amides is 1. The molecule has 1 aliphatic heterocycles. The maximum Gasteiger partial charge on any atom is 0.226 e. The molecule has 3 aromatic rings. The lowest BCUT2D eigenvalue weighted by Crippen LogP contribution is -2.24. The quantitative estimate of drug-likeness (QED) is 0.661. The van der Waals surface area contributed by atoms with Crippen LogP contribution in [0.15, 0.2) is 67.4 Å². The van der Waals surface area contributed by atoms with Crippen LogP contribution >= 0.6 is 11.6 Å². The topological polar surface area (TPSA) is 56.1 Å². The minimum atomic E-state index is -0.0601. The lowest BCUT2D eigenvalue weighted by molar-refractivity contribution is -0.116. The number of halogens is 1. The SMILES string of the molecule is C=CCOc1ccc([C@H]2CC(=O)Nc3c2cnn3-c2cccc(Cl)c2)cc1. The van der Waals surface area contributed by atoms with Gasteiger partial charge in [0.1, 0.15) is 18.2 Å². The van der Waals surface area contributed by atoms with Crippen LogP contribution in [0.3, 0.4) is 0 Å². The average molecular weight is 380 g/mol. The van der Waals surface area contributed by atoms with Crippen molar-refractivity contribution >= 4 is 23.3 Å². The summed E-state index contributed by atoms with van der Waals surface area (Å²) in [6.07, 6.45) is 3.89. The first-order chi connectivity index (χ1) is 13.2. The highest BCUT2D eigenvalue weighted by atomic mass is 35.5. The van der Waals surface area contributed by atoms with Gasteiger partial charge in [0.15, 0.2) is 0 Å². The number of nitrogens with one attached hydrogen (secondary N) is 1. The number of anilines is 1. The van der Waals surface area contributed by atoms with Crippen LogP contribution in [-0.2, 0) is 4.79 Å². The highest BCUT2D eigenvalue weighted by Gasteiger charge is 2.30. The van der Waals surface area contributed by atoms with Gasteiger partial charge in [-0.05, 0) is 35.9 Å². The molecule has 0 unspecified atom stereocenters. The molecule has 0 saturated heterocycles. The summed E-state index contributed by atoms with van der Waals surface area (Å²) in [5, 5.41) is 8.05. The first-order valence-electron chi connectivity index (χ1n) is 8.63. The second-order valence-electron chi connectivity index (χ2n) is 6.31. The second-order valence-corrected chi connectivity index (χ2v) is 6.75. The largest absolute Gasteiger partial charge is 0.490 e. The number of fused-ring (bicyclic) bond motifs is 1. The zero-order valence-electron chi connectivity index (χ0n) is 14.6. The Labute approximate surface area is 162 Å². The van der Waals surface area contributed by atoms with E-state index in [1.807, 2.05) is 48.7 Å². The zero-order valence-corrected chi connectivity index (χ0v) is 15.3. The number of rotatable bonds is 5. The Morgan fingerprint density at radius 1 is 1.30 bits per heavy atom. The molecule has 1 atom stereocenters. The molecular weight excluding hydrogens is 362 g/mol. The van der Waals surface area contributed by atoms with Crippen molar-refractivity contribution in [2.24, 2.45) is 0 Å². The minimum absolute atomic E-state index is 0.0386. The number of hydrogen-bond acceptors (Lipinski definition) is 3. The molecular formula is C21H18ClN3O2. The van der Waals surface area contributed by atoms with E-state index in [9.17, 15) is 4.79 Å². The normalized spacial score (nSPS) is 15.7. The van der Waals surface area contributed by atoms with Crippen LogP contribution in [0, 0.1) is 0 Å². The lowest BCUT2D eigenvalue weighted by atomic mass is 9.87. The van der Waals surface area contributed by atoms with Crippen molar-refractivity contribution in [2.75, 3.05) is 11.9 Å². The molecule has 2 aromatic carbocycles. The van der Waals surface area contributed by atoms with E-state index < -0.39 is 0 Å². The van der Waals surface area contributed by atoms with Gasteiger partial charge in [0, 0.05) is 22.9 Å². The van der Waals surface area contributed by atoms with Gasteiger partial charge in [0.2, 0.25) is 5.91 Å². The number of aromatic nitrogens is 2. The first-order valence-corrected chi connectivity index (χ1v) is 9.01. The first kappa shape index (κ1) is 17.4. The fourth-order valence-electron chi connectivity index (χ4n) is 3.27. The van der Waals surface area contributed by atoms with Crippen molar-refractivity contribution < 1.29 is 9.53 Å². The summed E-state index contributed by atoms with van der Waals surface area (Å²) in [6.45, 7) is 4.11. The van der Waals surface area contributed by atoms with E-state index in [0.717, 1.165) is 22.6 Å². The third kappa shape index (κ3) is 3.46. The molecule has 0 radical (unpaired) electrons. The zero-order chi connectivity index (χ0) is 18.8. The van der Waals surface area contributed by atoms with Gasteiger partial charge in [0.05, 0.1) is 11.9 Å². The standard InChI is InChI=1S/C21H18ClN3O2/c1-2-10-27-17-8-6-14(7-9-17)18-12-20(26)24-21-19(18)13-23-25(21)16-5-3-4-15(22)11-16/h2-9,11,13,18H,1,10,12H2,(H,24,26)/t18-/m1/s1. The predicted molar refractivity (Wildman–Crippen MR) is 106 cm³/mol. The van der Waals surface area contributed by atoms with Crippen molar-refractivity contribution in [3.05, 3.63) is 83.5 Å². The molecule has 1 aromatic heterocycles. The molecule has 27 heavy (non-hydrogen) atoms. The average Bonchev–Trinajstić information content (AvgIpc) is 3.10. The van der Waals surface area contributed by atoms with Crippen LogP contribution in [0.1, 0.15) is 23.5 Å². The summed E-state index contributed by atoms with van der Waals surface area (Å²) in [7, 11) is 0. The summed E-state index contributed by atoms with van der Waals surface area (Å²) in [5.41, 5.74) is 2.83. The molecule has 1 aliphatic rings. The van der Waals surface area contributed by atoms with Crippen molar-refractivity contribution in [1.82, 2.24) is 9.78 Å². The van der Waals surface area contributed by atoms with Gasteiger partial charge in [-0.3, -0.25) is 4.79 Å². The highest BCUT2D eigenvalue weighted by molar-refractivity contribution is 6.30. The van der Waals surface area contributed by atoms with Crippen LogP contribution in [0.5, 0.6) is 5.75 Å². The Morgan fingerprint density at radius 2 is 2.11 bits per heavy atom. The summed E-state index contributed by atoms with van der Waals surface area (Å²) in [4.78, 5) is 12.4. The van der Waals surface area contributed by atoms with Gasteiger partial charge >= 0.3 is 0 Å². The molecule has 0 spiro atoms. The van der Waals surface area contributed by atoms with E-state index in [0.29, 0.717) is 23.9 Å². The van der Waals surface area contributed by atoms with Gasteiger partial charge in [0.25, 0.3) is 0 Å². The van der Waals surface area contributed by atoms with Crippen LogP contribution in [0.4, 0.5) is 5.82 Å². The number of carbonyl (C=O) groups is 1. The van der Waals surface area contributed by atoms with Gasteiger partial charge in [-0.1, -0.05) is 42.5 Å². The van der Waals surface area contributed by atoms with Crippen LogP contribution < -0.4 is 10.1 Å². The van der Waals surface area contributed by atoms with Crippen molar-refractivity contribution in [2.45, 2.75) is 12.3 Å². The van der Waals surface area contributed by atoms with Crippen LogP contribution in [-0.4, -0.2) is 22.3 Å². The highest BCUT2D eigenvalue weighted by Crippen LogP contribution is 2.38. The molecule has 1 N–H and O–H groups in total. The van der Waals surface area contributed by atoms with E-state index in [4.69, 9.17) is 16.3 Å². The van der Waals surface area contributed by atoms with Crippen molar-refractivity contribution in [3.63, 3.8) is 0 Å². The molecule has 0 aliphatic carbocycles. The van der Waals surface area contributed by atoms with Crippen molar-refractivity contribution in [3.8, 4) is 11.4 Å². The molecule has 2 heterocycles. The van der Waals surface area contributed by atoms with E-state index in [1.165, 1.54) is 0 Å². The molecule has 0 bridgehead atoms. The van der Waals surface area contributed by atoms with E-state index in [2.05, 4.69) is 17.0 Å². The molecule has 136 valence electrons. The lowest BCUT2D eigenvalue weighted by Gasteiger charge is -2.24. The molecule has 5 nitrogen and oxygen atoms in total. The second kappa shape index (κ2) is 7.29. The number of nitrogens with zero attached hydrogens (tertiary/aromatic N) is 2. The van der Waals surface area contributed by atoms with Gasteiger partial charge in [-0.2, -0.15) is 5.10 Å². The van der Waals surface area contributed by atoms with Gasteiger partial charge in [-0.15, -0.1) is 0 Å². The smallest absolute Gasteiger partial charge is 0.226 e. The molecule has 0 fully saturated rings. The Hall–Kier alpha value is -3.05. The maximum absolute atomic E-state index is 12.4. The van der Waals surface area contributed by atoms with E-state index in [-0.39, 0.29) is 11.8 Å². The van der Waals surface area contributed by atoms with Crippen LogP contribution in [0.2, 0.25) is 5.02 Å². The Kier molecular flexibility index (Phi) is 4.69. The maximum atomic E-state index is 12.4. The molecule has 4 rings (SSSR count). The third-order valence-electron chi connectivity index (χ3n) is 4.52. The van der Waals surface area contributed by atoms with E-state index in [1.54, 1.807) is 16.8 Å². The monoisotopic (exact) mass is 379 g/mol. The van der Waals surface area contributed by atoms with Crippen LogP contribution in [0.25, 0.3) is 5.69 Å². The van der Waals surface area contributed by atoms with Gasteiger partial charge in [-0.25, -0.2) is 4.68 Å². The summed E-state index contributed by atoms with van der Waals surface area (Å²) in [6, 6.07) is 15.2. The van der Waals surface area contributed by atoms with Gasteiger partial charge < -0.3 is 10.1 Å². The fourth-order valence-corrected chi connectivity index (χ4v) is 3.46. The third-order valence-corrected chi connectivity index (χ3v) is 4.76. The van der Waals surface area contributed by atoms with E-state index >= 15 is 0 Å². The number of ether oxygens (including phenoxy) is 1. The Bertz CT molecular complexity index is 995. The number of carbonyl (C=O) groups excluding carboxylic acids is 1. The molecule has 0 saturated carbocycles. The minimum Gasteiger partial charge on any atom is -0.490 e. The van der Waals surface area contributed by atoms with Crippen molar-refractivity contribution in [1.29, 1.82) is 0 Å². The summed E-state index contributed by atoms with van der Waals surface area (Å²) in [5.74, 6) is 1.36. The fraction of sp³-hybridized carbons (Fsp3) is 0.143. The molecule has 1 amide bonds. The molecule has 6 heteroatoms. The summed E-state index contributed by atoms with van der Waals surface area (Å²) < 4.78 is 7.25. The number of benzene rings is 2. The predicted octanol–water partition coefficient (Wildman–Crippen LogP) is 4.56. The number of hydrogen-bond donors (Lipinski definition) is 1. The Morgan fingerprint density at radius 3 is 2.85 bits per heavy atom. The summed E-state index contributed by atoms with van der Waals surface area (Å²) >= 11 is 6.10.